The molecular weight excluding hydrogens is 543 g/mol. The largest absolute Gasteiger partial charge is 0.434 e. The van der Waals surface area contributed by atoms with Crippen LogP contribution < -0.4 is 15.5 Å². The smallest absolute Gasteiger partial charge is 0.362 e. The topological polar surface area (TPSA) is 88.0 Å². The molecule has 0 saturated heterocycles. The normalized spacial score (nSPS) is 17.6. The van der Waals surface area contributed by atoms with Crippen molar-refractivity contribution in [2.75, 3.05) is 30.9 Å². The molecule has 0 bridgehead atoms. The molecule has 2 N–H and O–H groups in total. The number of fused-ring (bicyclic) bond motifs is 1. The van der Waals surface area contributed by atoms with Gasteiger partial charge in [-0.15, -0.1) is 0 Å². The molecule has 4 aromatic rings. The quantitative estimate of drug-likeness (QED) is 0.285. The van der Waals surface area contributed by atoms with Crippen molar-refractivity contribution in [1.82, 2.24) is 25.1 Å². The first-order chi connectivity index (χ1) is 19.1. The second kappa shape index (κ2) is 11.3. The predicted molar refractivity (Wildman–Crippen MR) is 149 cm³/mol. The standard InChI is InChI=1S/C28H29ClF3N7O/c1-38(2)25-21-5-3-4-6-23(21)36-27(37-25)35-19-11-7-17(8-12-19)15-33-26(40)22-16-34-39(24(22)28(30,31)32)20-13-9-18(29)10-14-20/h3-6,9-10,13-14,16-17,19H,7-8,11-12,15H2,1-2H3,(H,33,40)(H,35,36,37)/t17-,19+. The Bertz CT molecular complexity index is 1500. The molecule has 1 aliphatic carbocycles. The molecule has 0 spiro atoms. The molecule has 2 heterocycles. The number of rotatable bonds is 7. The van der Waals surface area contributed by atoms with E-state index < -0.39 is 23.3 Å². The van der Waals surface area contributed by atoms with Crippen molar-refractivity contribution in [1.29, 1.82) is 0 Å². The minimum atomic E-state index is -4.77. The summed E-state index contributed by atoms with van der Waals surface area (Å²) in [6.45, 7) is 0.284. The zero-order valence-electron chi connectivity index (χ0n) is 22.0. The summed E-state index contributed by atoms with van der Waals surface area (Å²) in [5.41, 5.74) is -0.608. The van der Waals surface area contributed by atoms with Crippen LogP contribution in [0.1, 0.15) is 41.7 Å². The van der Waals surface area contributed by atoms with Gasteiger partial charge in [-0.25, -0.2) is 9.67 Å². The summed E-state index contributed by atoms with van der Waals surface area (Å²) in [4.78, 5) is 24.2. The maximum absolute atomic E-state index is 14.0. The Morgan fingerprint density at radius 3 is 2.42 bits per heavy atom. The Kier molecular flexibility index (Phi) is 7.84. The van der Waals surface area contributed by atoms with Crippen molar-refractivity contribution in [2.24, 2.45) is 5.92 Å². The van der Waals surface area contributed by atoms with Gasteiger partial charge in [-0.1, -0.05) is 23.7 Å². The van der Waals surface area contributed by atoms with E-state index in [9.17, 15) is 18.0 Å². The molecule has 0 atom stereocenters. The molecule has 12 heteroatoms. The second-order valence-corrected chi connectivity index (χ2v) is 10.6. The molecule has 2 aromatic carbocycles. The van der Waals surface area contributed by atoms with Crippen molar-refractivity contribution in [3.63, 3.8) is 0 Å². The fraction of sp³-hybridized carbons (Fsp3) is 0.357. The molecule has 8 nitrogen and oxygen atoms in total. The van der Waals surface area contributed by atoms with Gasteiger partial charge in [0.1, 0.15) is 5.82 Å². The van der Waals surface area contributed by atoms with Gasteiger partial charge in [0.25, 0.3) is 5.91 Å². The number of benzene rings is 2. The molecule has 2 aromatic heterocycles. The van der Waals surface area contributed by atoms with Crippen molar-refractivity contribution in [3.8, 4) is 5.69 Å². The van der Waals surface area contributed by atoms with Gasteiger partial charge in [-0.05, 0) is 68.0 Å². The lowest BCUT2D eigenvalue weighted by Gasteiger charge is -2.29. The van der Waals surface area contributed by atoms with Crippen LogP contribution >= 0.6 is 11.6 Å². The van der Waals surface area contributed by atoms with E-state index in [-0.39, 0.29) is 24.2 Å². The van der Waals surface area contributed by atoms with Crippen LogP contribution in [0.2, 0.25) is 5.02 Å². The third-order valence-electron chi connectivity index (χ3n) is 7.09. The Balaban J connectivity index is 1.20. The fourth-order valence-electron chi connectivity index (χ4n) is 5.06. The third kappa shape index (κ3) is 5.99. The Labute approximate surface area is 234 Å². The van der Waals surface area contributed by atoms with Gasteiger partial charge in [0.2, 0.25) is 5.95 Å². The maximum atomic E-state index is 14.0. The lowest BCUT2D eigenvalue weighted by molar-refractivity contribution is -0.143. The first kappa shape index (κ1) is 27.7. The number of alkyl halides is 3. The number of hydrogen-bond donors (Lipinski definition) is 2. The number of halogens is 4. The van der Waals surface area contributed by atoms with Crippen LogP contribution in [0.25, 0.3) is 16.6 Å². The number of nitrogens with zero attached hydrogens (tertiary/aromatic N) is 5. The number of nitrogens with one attached hydrogen (secondary N) is 2. The lowest BCUT2D eigenvalue weighted by Crippen LogP contribution is -2.35. The van der Waals surface area contributed by atoms with E-state index in [1.165, 1.54) is 24.3 Å². The van der Waals surface area contributed by atoms with E-state index in [0.717, 1.165) is 53.3 Å². The van der Waals surface area contributed by atoms with Gasteiger partial charge in [0, 0.05) is 37.1 Å². The highest BCUT2D eigenvalue weighted by Gasteiger charge is 2.40. The molecule has 1 saturated carbocycles. The number of para-hydroxylation sites is 1. The molecule has 0 aliphatic heterocycles. The van der Waals surface area contributed by atoms with E-state index in [0.29, 0.717) is 11.0 Å². The summed E-state index contributed by atoms with van der Waals surface area (Å²) in [6.07, 6.45) is -0.542. The summed E-state index contributed by atoms with van der Waals surface area (Å²) in [6, 6.07) is 13.8. The van der Waals surface area contributed by atoms with E-state index in [4.69, 9.17) is 16.6 Å². The summed E-state index contributed by atoms with van der Waals surface area (Å²) in [5, 5.41) is 11.4. The zero-order valence-corrected chi connectivity index (χ0v) is 22.8. The van der Waals surface area contributed by atoms with Gasteiger partial charge < -0.3 is 15.5 Å². The van der Waals surface area contributed by atoms with Gasteiger partial charge in [0.05, 0.1) is 23.0 Å². The van der Waals surface area contributed by atoms with Crippen LogP contribution in [-0.4, -0.2) is 52.3 Å². The molecule has 1 amide bonds. The highest BCUT2D eigenvalue weighted by Crippen LogP contribution is 2.34. The molecule has 5 rings (SSSR count). The Morgan fingerprint density at radius 2 is 1.75 bits per heavy atom. The van der Waals surface area contributed by atoms with Crippen LogP contribution in [0, 0.1) is 5.92 Å². The summed E-state index contributed by atoms with van der Waals surface area (Å²) in [7, 11) is 3.89. The average molecular weight is 572 g/mol. The number of anilines is 2. The van der Waals surface area contributed by atoms with Crippen molar-refractivity contribution >= 4 is 40.2 Å². The van der Waals surface area contributed by atoms with Crippen LogP contribution in [0.3, 0.4) is 0 Å². The van der Waals surface area contributed by atoms with E-state index in [1.807, 2.05) is 43.3 Å². The van der Waals surface area contributed by atoms with E-state index in [1.54, 1.807) is 0 Å². The van der Waals surface area contributed by atoms with Crippen molar-refractivity contribution in [3.05, 3.63) is 71.0 Å². The average Bonchev–Trinajstić information content (AvgIpc) is 3.39. The minimum Gasteiger partial charge on any atom is -0.362 e. The maximum Gasteiger partial charge on any atom is 0.434 e. The lowest BCUT2D eigenvalue weighted by atomic mass is 9.86. The summed E-state index contributed by atoms with van der Waals surface area (Å²) < 4.78 is 42.6. The van der Waals surface area contributed by atoms with Crippen LogP contribution in [0.4, 0.5) is 24.9 Å². The number of carbonyl (C=O) groups excluding carboxylic acids is 1. The van der Waals surface area contributed by atoms with E-state index in [2.05, 4.69) is 20.7 Å². The molecule has 40 heavy (non-hydrogen) atoms. The van der Waals surface area contributed by atoms with Crippen LogP contribution in [0.5, 0.6) is 0 Å². The molecule has 1 aliphatic rings. The zero-order chi connectivity index (χ0) is 28.4. The molecule has 0 radical (unpaired) electrons. The minimum absolute atomic E-state index is 0.150. The van der Waals surface area contributed by atoms with Crippen molar-refractivity contribution < 1.29 is 18.0 Å². The molecular formula is C28H29ClF3N7O. The number of aromatic nitrogens is 4. The van der Waals surface area contributed by atoms with Crippen LogP contribution in [0.15, 0.2) is 54.7 Å². The van der Waals surface area contributed by atoms with Gasteiger partial charge in [-0.3, -0.25) is 4.79 Å². The van der Waals surface area contributed by atoms with Crippen molar-refractivity contribution in [2.45, 2.75) is 37.9 Å². The molecule has 210 valence electrons. The second-order valence-electron chi connectivity index (χ2n) is 10.1. The van der Waals surface area contributed by atoms with Gasteiger partial charge >= 0.3 is 6.18 Å². The van der Waals surface area contributed by atoms with E-state index >= 15 is 0 Å². The monoisotopic (exact) mass is 571 g/mol. The molecule has 0 unspecified atom stereocenters. The number of amides is 1. The first-order valence-corrected chi connectivity index (χ1v) is 13.4. The summed E-state index contributed by atoms with van der Waals surface area (Å²) in [5.74, 6) is 0.754. The first-order valence-electron chi connectivity index (χ1n) is 13.0. The predicted octanol–water partition coefficient (Wildman–Crippen LogP) is 5.95. The highest BCUT2D eigenvalue weighted by atomic mass is 35.5. The Hall–Kier alpha value is -3.86. The summed E-state index contributed by atoms with van der Waals surface area (Å²) >= 11 is 5.86. The molecule has 1 fully saturated rings. The van der Waals surface area contributed by atoms with Gasteiger partial charge in [0.15, 0.2) is 5.69 Å². The fourth-order valence-corrected chi connectivity index (χ4v) is 5.18. The Morgan fingerprint density at radius 1 is 1.05 bits per heavy atom. The third-order valence-corrected chi connectivity index (χ3v) is 7.34. The van der Waals surface area contributed by atoms with Crippen LogP contribution in [-0.2, 0) is 6.18 Å². The number of hydrogen-bond acceptors (Lipinski definition) is 6. The number of carbonyl (C=O) groups is 1. The van der Waals surface area contributed by atoms with Gasteiger partial charge in [-0.2, -0.15) is 23.3 Å². The SMILES string of the molecule is CN(C)c1nc(N[C@H]2CC[C@@H](CNC(=O)c3cnn(-c4ccc(Cl)cc4)c3C(F)(F)F)CC2)nc2ccccc12. The highest BCUT2D eigenvalue weighted by molar-refractivity contribution is 6.30.